The normalized spacial score (nSPS) is 21.8. The van der Waals surface area contributed by atoms with Crippen LogP contribution in [-0.4, -0.2) is 32.7 Å². The Labute approximate surface area is 80.1 Å². The zero-order chi connectivity index (χ0) is 10.2. The zero-order valence-electron chi connectivity index (χ0n) is 6.98. The largest absolute Gasteiger partial charge is 0.479 e. The first kappa shape index (κ1) is 10.0. The second kappa shape index (κ2) is 3.02. The van der Waals surface area contributed by atoms with Gasteiger partial charge < -0.3 is 5.11 Å². The summed E-state index contributed by atoms with van der Waals surface area (Å²) in [4.78, 5) is 31.9. The number of rotatable bonds is 2. The number of carboxylic acid groups (broad SMARTS) is 1. The molecular weight excluding hydrogens is 194 g/mol. The van der Waals surface area contributed by atoms with Gasteiger partial charge in [-0.1, -0.05) is 0 Å². The highest BCUT2D eigenvalue weighted by Crippen LogP contribution is 2.26. The average molecular weight is 203 g/mol. The number of aliphatic carboxylic acids is 1. The number of imide groups is 1. The fourth-order valence-electron chi connectivity index (χ4n) is 1.16. The maximum atomic E-state index is 11.1. The summed E-state index contributed by atoms with van der Waals surface area (Å²) in [6, 6.07) is 0. The van der Waals surface area contributed by atoms with Crippen LogP contribution in [0.15, 0.2) is 0 Å². The van der Waals surface area contributed by atoms with Gasteiger partial charge in [-0.2, -0.15) is 0 Å². The molecule has 0 aromatic heterocycles. The Morgan fingerprint density at radius 1 is 1.46 bits per heavy atom. The van der Waals surface area contributed by atoms with Crippen molar-refractivity contribution in [1.29, 1.82) is 0 Å². The minimum Gasteiger partial charge on any atom is -0.479 e. The van der Waals surface area contributed by atoms with Gasteiger partial charge in [0.25, 0.3) is 0 Å². The first-order valence-electron chi connectivity index (χ1n) is 3.69. The van der Waals surface area contributed by atoms with E-state index in [9.17, 15) is 14.4 Å². The van der Waals surface area contributed by atoms with Gasteiger partial charge >= 0.3 is 5.97 Å². The van der Waals surface area contributed by atoms with Crippen LogP contribution in [0.5, 0.6) is 0 Å². The second-order valence-corrected chi connectivity index (χ2v) is 3.82. The van der Waals surface area contributed by atoms with Crippen LogP contribution in [-0.2, 0) is 14.4 Å². The molecule has 0 aromatic carbocycles. The summed E-state index contributed by atoms with van der Waals surface area (Å²) in [6.07, 6.45) is 0.143. The molecule has 0 bridgehead atoms. The Kier molecular flexibility index (Phi) is 2.34. The molecule has 1 aliphatic heterocycles. The Balaban J connectivity index is 2.99. The molecule has 1 fully saturated rings. The molecule has 6 heteroatoms. The monoisotopic (exact) mass is 203 g/mol. The highest BCUT2D eigenvalue weighted by atomic mass is 32.1. The van der Waals surface area contributed by atoms with Crippen LogP contribution in [0, 0.1) is 0 Å². The average Bonchev–Trinajstić information content (AvgIpc) is 2.30. The number of carboxylic acids is 1. The molecule has 2 amide bonds. The molecular formula is C7H9NO4S. The molecule has 5 nitrogen and oxygen atoms in total. The Bertz CT molecular complexity index is 270. The molecule has 1 atom stereocenters. The highest BCUT2D eigenvalue weighted by Gasteiger charge is 2.45. The lowest BCUT2D eigenvalue weighted by Gasteiger charge is -2.28. The van der Waals surface area contributed by atoms with E-state index in [-0.39, 0.29) is 12.8 Å². The van der Waals surface area contributed by atoms with Crippen molar-refractivity contribution in [3.05, 3.63) is 0 Å². The standard InChI is InChI=1S/C7H9NO4S/c1-7(13,6(11)12)8-4(9)2-3-5(8)10/h13H,2-3H2,1H3,(H,11,12)/t7-/m0/s1. The number of carbonyl (C=O) groups excluding carboxylic acids is 2. The second-order valence-electron chi connectivity index (χ2n) is 2.95. The number of amides is 2. The minimum absolute atomic E-state index is 0.0717. The summed E-state index contributed by atoms with van der Waals surface area (Å²) < 4.78 is 0. The van der Waals surface area contributed by atoms with Gasteiger partial charge in [-0.3, -0.25) is 14.5 Å². The molecule has 0 unspecified atom stereocenters. The van der Waals surface area contributed by atoms with Gasteiger partial charge in [0, 0.05) is 12.8 Å². The lowest BCUT2D eigenvalue weighted by molar-refractivity contribution is -0.155. The van der Waals surface area contributed by atoms with E-state index in [0.29, 0.717) is 4.90 Å². The van der Waals surface area contributed by atoms with Gasteiger partial charge in [0.1, 0.15) is 0 Å². The van der Waals surface area contributed by atoms with Crippen molar-refractivity contribution in [3.8, 4) is 0 Å². The number of hydrogen-bond acceptors (Lipinski definition) is 4. The topological polar surface area (TPSA) is 74.7 Å². The number of carbonyl (C=O) groups is 3. The van der Waals surface area contributed by atoms with Crippen molar-refractivity contribution in [2.24, 2.45) is 0 Å². The first-order valence-corrected chi connectivity index (χ1v) is 4.13. The first-order chi connectivity index (χ1) is 5.87. The van der Waals surface area contributed by atoms with E-state index in [0.717, 1.165) is 0 Å². The molecule has 1 saturated heterocycles. The smallest absolute Gasteiger partial charge is 0.340 e. The molecule has 1 heterocycles. The fourth-order valence-corrected chi connectivity index (χ4v) is 1.38. The fraction of sp³-hybridized carbons (Fsp3) is 0.571. The van der Waals surface area contributed by atoms with E-state index >= 15 is 0 Å². The third-order valence-electron chi connectivity index (χ3n) is 1.89. The van der Waals surface area contributed by atoms with Gasteiger partial charge in [0.15, 0.2) is 4.87 Å². The molecule has 0 radical (unpaired) electrons. The SMILES string of the molecule is C[C@](S)(C(=O)O)N1C(=O)CCC1=O. The van der Waals surface area contributed by atoms with Gasteiger partial charge in [0.05, 0.1) is 0 Å². The van der Waals surface area contributed by atoms with Crippen LogP contribution < -0.4 is 0 Å². The number of likely N-dealkylation sites (tertiary alicyclic amines) is 1. The van der Waals surface area contributed by atoms with E-state index in [2.05, 4.69) is 12.6 Å². The third kappa shape index (κ3) is 1.53. The minimum atomic E-state index is -1.73. The highest BCUT2D eigenvalue weighted by molar-refractivity contribution is 7.82. The molecule has 1 rings (SSSR count). The van der Waals surface area contributed by atoms with Crippen LogP contribution in [0.4, 0.5) is 0 Å². The number of hydrogen-bond donors (Lipinski definition) is 2. The summed E-state index contributed by atoms with van der Waals surface area (Å²) in [5.74, 6) is -2.27. The molecule has 72 valence electrons. The molecule has 13 heavy (non-hydrogen) atoms. The maximum Gasteiger partial charge on any atom is 0.340 e. The molecule has 1 aliphatic rings. The summed E-state index contributed by atoms with van der Waals surface area (Å²) in [7, 11) is 0. The summed E-state index contributed by atoms with van der Waals surface area (Å²) in [5.41, 5.74) is 0. The Morgan fingerprint density at radius 3 is 2.15 bits per heavy atom. The number of thiol groups is 1. The van der Waals surface area contributed by atoms with Crippen molar-refractivity contribution in [3.63, 3.8) is 0 Å². The quantitative estimate of drug-likeness (QED) is 0.484. The van der Waals surface area contributed by atoms with Crippen LogP contribution in [0.2, 0.25) is 0 Å². The van der Waals surface area contributed by atoms with Gasteiger partial charge in [0.2, 0.25) is 11.8 Å². The van der Waals surface area contributed by atoms with Gasteiger partial charge in [-0.05, 0) is 6.92 Å². The molecule has 1 N–H and O–H groups in total. The molecule has 0 saturated carbocycles. The Hall–Kier alpha value is -1.04. The number of nitrogens with zero attached hydrogens (tertiary/aromatic N) is 1. The predicted octanol–water partition coefficient (Wildman–Crippen LogP) is -0.134. The summed E-state index contributed by atoms with van der Waals surface area (Å²) >= 11 is 3.78. The van der Waals surface area contributed by atoms with E-state index in [1.807, 2.05) is 0 Å². The van der Waals surface area contributed by atoms with E-state index in [4.69, 9.17) is 5.11 Å². The van der Waals surface area contributed by atoms with E-state index < -0.39 is 22.7 Å². The van der Waals surface area contributed by atoms with E-state index in [1.165, 1.54) is 6.92 Å². The van der Waals surface area contributed by atoms with Crippen molar-refractivity contribution in [1.82, 2.24) is 4.90 Å². The van der Waals surface area contributed by atoms with Crippen LogP contribution in [0.1, 0.15) is 19.8 Å². The molecule has 0 aliphatic carbocycles. The van der Waals surface area contributed by atoms with Crippen molar-refractivity contribution in [2.45, 2.75) is 24.6 Å². The van der Waals surface area contributed by atoms with Crippen LogP contribution >= 0.6 is 12.6 Å². The lowest BCUT2D eigenvalue weighted by atomic mass is 10.3. The molecule has 0 spiro atoms. The van der Waals surface area contributed by atoms with Crippen LogP contribution in [0.3, 0.4) is 0 Å². The molecule has 0 aromatic rings. The van der Waals surface area contributed by atoms with Crippen LogP contribution in [0.25, 0.3) is 0 Å². The lowest BCUT2D eigenvalue weighted by Crippen LogP contribution is -2.50. The summed E-state index contributed by atoms with van der Waals surface area (Å²) in [5, 5.41) is 8.71. The summed E-state index contributed by atoms with van der Waals surface area (Å²) in [6.45, 7) is 1.21. The predicted molar refractivity (Wildman–Crippen MR) is 46.1 cm³/mol. The third-order valence-corrected chi connectivity index (χ3v) is 2.28. The Morgan fingerprint density at radius 2 is 1.85 bits per heavy atom. The van der Waals surface area contributed by atoms with Crippen molar-refractivity contribution < 1.29 is 19.5 Å². The van der Waals surface area contributed by atoms with Crippen molar-refractivity contribution >= 4 is 30.4 Å². The van der Waals surface area contributed by atoms with Gasteiger partial charge in [-0.15, -0.1) is 12.6 Å². The van der Waals surface area contributed by atoms with Gasteiger partial charge in [-0.25, -0.2) is 4.79 Å². The van der Waals surface area contributed by atoms with Crippen molar-refractivity contribution in [2.75, 3.05) is 0 Å². The van der Waals surface area contributed by atoms with E-state index in [1.54, 1.807) is 0 Å². The zero-order valence-corrected chi connectivity index (χ0v) is 7.88. The maximum absolute atomic E-state index is 11.1.